The van der Waals surface area contributed by atoms with Crippen LogP contribution in [0.15, 0.2) is 0 Å². The fraction of sp³-hybridized carbons (Fsp3) is 0.800. The van der Waals surface area contributed by atoms with E-state index in [1.807, 2.05) is 4.68 Å². The zero-order valence-electron chi connectivity index (χ0n) is 9.20. The lowest BCUT2D eigenvalue weighted by Crippen LogP contribution is -2.07. The molecule has 3 heteroatoms. The first kappa shape index (κ1) is 10.2. The van der Waals surface area contributed by atoms with Gasteiger partial charge in [0.05, 0.1) is 0 Å². The molecule has 0 unspecified atom stereocenters. The molecule has 1 rings (SSSR count). The Hall–Kier alpha value is -0.860. The minimum Gasteiger partial charge on any atom is -0.247 e. The van der Waals surface area contributed by atoms with Crippen molar-refractivity contribution in [3.05, 3.63) is 11.6 Å². The molecule has 0 spiro atoms. The summed E-state index contributed by atoms with van der Waals surface area (Å²) in [5, 5.41) is 4.49. The molecule has 1 aromatic rings. The average molecular weight is 181 g/mol. The molecule has 0 bridgehead atoms. The van der Waals surface area contributed by atoms with Crippen LogP contribution in [0.1, 0.15) is 58.2 Å². The van der Waals surface area contributed by atoms with Gasteiger partial charge in [-0.3, -0.25) is 0 Å². The van der Waals surface area contributed by atoms with Crippen LogP contribution >= 0.6 is 0 Å². The van der Waals surface area contributed by atoms with Gasteiger partial charge < -0.3 is 0 Å². The Morgan fingerprint density at radius 2 is 1.85 bits per heavy atom. The highest BCUT2D eigenvalue weighted by atomic mass is 15.4. The van der Waals surface area contributed by atoms with Crippen LogP contribution in [0.25, 0.3) is 0 Å². The lowest BCUT2D eigenvalue weighted by Gasteiger charge is -2.06. The summed E-state index contributed by atoms with van der Waals surface area (Å²) in [6, 6.07) is 0.412. The van der Waals surface area contributed by atoms with Crippen LogP contribution in [0.4, 0.5) is 0 Å². The molecular formula is C10H19N3. The van der Waals surface area contributed by atoms with E-state index in [0.29, 0.717) is 12.0 Å². The Kier molecular flexibility index (Phi) is 3.07. The second-order valence-corrected chi connectivity index (χ2v) is 3.93. The maximum Gasteiger partial charge on any atom is 0.153 e. The van der Waals surface area contributed by atoms with Crippen LogP contribution < -0.4 is 0 Å². The largest absolute Gasteiger partial charge is 0.247 e. The Morgan fingerprint density at radius 3 is 2.15 bits per heavy atom. The first-order valence-corrected chi connectivity index (χ1v) is 5.01. The second-order valence-electron chi connectivity index (χ2n) is 3.93. The lowest BCUT2D eigenvalue weighted by atomic mass is 10.2. The van der Waals surface area contributed by atoms with Gasteiger partial charge in [0.25, 0.3) is 0 Å². The SMILES string of the molecule is CCc1nc(C(C)C)nn1C(C)C. The smallest absolute Gasteiger partial charge is 0.153 e. The molecular weight excluding hydrogens is 162 g/mol. The molecule has 13 heavy (non-hydrogen) atoms. The van der Waals surface area contributed by atoms with E-state index in [9.17, 15) is 0 Å². The van der Waals surface area contributed by atoms with E-state index in [2.05, 4.69) is 44.7 Å². The van der Waals surface area contributed by atoms with Gasteiger partial charge in [0.1, 0.15) is 5.82 Å². The molecule has 0 radical (unpaired) electrons. The van der Waals surface area contributed by atoms with E-state index in [1.54, 1.807) is 0 Å². The van der Waals surface area contributed by atoms with E-state index in [-0.39, 0.29) is 0 Å². The predicted octanol–water partition coefficient (Wildman–Crippen LogP) is 2.54. The minimum absolute atomic E-state index is 0.412. The summed E-state index contributed by atoms with van der Waals surface area (Å²) >= 11 is 0. The molecule has 0 aliphatic carbocycles. The number of aryl methyl sites for hydroxylation is 1. The number of nitrogens with zero attached hydrogens (tertiary/aromatic N) is 3. The molecule has 74 valence electrons. The zero-order chi connectivity index (χ0) is 10.0. The molecule has 0 atom stereocenters. The Bertz CT molecular complexity index is 274. The summed E-state index contributed by atoms with van der Waals surface area (Å²) < 4.78 is 2.02. The van der Waals surface area contributed by atoms with Gasteiger partial charge in [0, 0.05) is 18.4 Å². The molecule has 0 aliphatic rings. The maximum atomic E-state index is 4.50. The van der Waals surface area contributed by atoms with Gasteiger partial charge in [-0.15, -0.1) is 0 Å². The topological polar surface area (TPSA) is 30.7 Å². The third kappa shape index (κ3) is 2.08. The highest BCUT2D eigenvalue weighted by Gasteiger charge is 2.12. The third-order valence-electron chi connectivity index (χ3n) is 2.04. The normalized spacial score (nSPS) is 11.6. The Morgan fingerprint density at radius 1 is 1.23 bits per heavy atom. The van der Waals surface area contributed by atoms with Crippen LogP contribution in [-0.4, -0.2) is 14.8 Å². The monoisotopic (exact) mass is 181 g/mol. The molecule has 0 saturated carbocycles. The van der Waals surface area contributed by atoms with Crippen molar-refractivity contribution in [3.8, 4) is 0 Å². The fourth-order valence-electron chi connectivity index (χ4n) is 1.27. The first-order valence-electron chi connectivity index (χ1n) is 5.01. The van der Waals surface area contributed by atoms with E-state index in [1.165, 1.54) is 0 Å². The predicted molar refractivity (Wildman–Crippen MR) is 53.9 cm³/mol. The fourth-order valence-corrected chi connectivity index (χ4v) is 1.27. The molecule has 0 aliphatic heterocycles. The highest BCUT2D eigenvalue weighted by Crippen LogP contribution is 2.13. The molecule has 0 fully saturated rings. The van der Waals surface area contributed by atoms with Gasteiger partial charge in [-0.25, -0.2) is 9.67 Å². The molecule has 1 heterocycles. The number of aromatic nitrogens is 3. The van der Waals surface area contributed by atoms with E-state index in [0.717, 1.165) is 18.1 Å². The van der Waals surface area contributed by atoms with Crippen molar-refractivity contribution in [1.82, 2.24) is 14.8 Å². The maximum absolute atomic E-state index is 4.50. The van der Waals surface area contributed by atoms with Gasteiger partial charge in [-0.1, -0.05) is 20.8 Å². The minimum atomic E-state index is 0.412. The van der Waals surface area contributed by atoms with E-state index < -0.39 is 0 Å². The van der Waals surface area contributed by atoms with Crippen molar-refractivity contribution in [1.29, 1.82) is 0 Å². The number of hydrogen-bond acceptors (Lipinski definition) is 2. The molecule has 0 aromatic carbocycles. The van der Waals surface area contributed by atoms with Crippen LogP contribution in [0.5, 0.6) is 0 Å². The van der Waals surface area contributed by atoms with Crippen LogP contribution in [-0.2, 0) is 6.42 Å². The van der Waals surface area contributed by atoms with Crippen molar-refractivity contribution >= 4 is 0 Å². The van der Waals surface area contributed by atoms with Crippen molar-refractivity contribution in [2.24, 2.45) is 0 Å². The van der Waals surface area contributed by atoms with Gasteiger partial charge >= 0.3 is 0 Å². The van der Waals surface area contributed by atoms with Gasteiger partial charge in [-0.05, 0) is 13.8 Å². The van der Waals surface area contributed by atoms with E-state index in [4.69, 9.17) is 0 Å². The van der Waals surface area contributed by atoms with Gasteiger partial charge in [-0.2, -0.15) is 5.10 Å². The van der Waals surface area contributed by atoms with Crippen molar-refractivity contribution in [3.63, 3.8) is 0 Å². The van der Waals surface area contributed by atoms with Crippen molar-refractivity contribution in [2.75, 3.05) is 0 Å². The Balaban J connectivity index is 3.04. The number of rotatable bonds is 3. The van der Waals surface area contributed by atoms with Crippen LogP contribution in [0, 0.1) is 0 Å². The van der Waals surface area contributed by atoms with Crippen molar-refractivity contribution < 1.29 is 0 Å². The molecule has 0 N–H and O–H groups in total. The van der Waals surface area contributed by atoms with Gasteiger partial charge in [0.15, 0.2) is 5.82 Å². The third-order valence-corrected chi connectivity index (χ3v) is 2.04. The second kappa shape index (κ2) is 3.90. The number of hydrogen-bond donors (Lipinski definition) is 0. The first-order chi connectivity index (χ1) is 6.06. The zero-order valence-corrected chi connectivity index (χ0v) is 9.20. The summed E-state index contributed by atoms with van der Waals surface area (Å²) in [6.45, 7) is 10.6. The van der Waals surface area contributed by atoms with E-state index >= 15 is 0 Å². The standard InChI is InChI=1S/C10H19N3/c1-6-9-11-10(7(2)3)12-13(9)8(4)5/h7-8H,6H2,1-5H3. The summed E-state index contributed by atoms with van der Waals surface area (Å²) in [5.74, 6) is 2.48. The van der Waals surface area contributed by atoms with Crippen molar-refractivity contribution in [2.45, 2.75) is 53.0 Å². The van der Waals surface area contributed by atoms with Gasteiger partial charge in [0.2, 0.25) is 0 Å². The lowest BCUT2D eigenvalue weighted by molar-refractivity contribution is 0.502. The molecule has 0 amide bonds. The van der Waals surface area contributed by atoms with Crippen LogP contribution in [0.3, 0.4) is 0 Å². The summed E-state index contributed by atoms with van der Waals surface area (Å²) in [5.41, 5.74) is 0. The summed E-state index contributed by atoms with van der Waals surface area (Å²) in [4.78, 5) is 4.50. The summed E-state index contributed by atoms with van der Waals surface area (Å²) in [6.07, 6.45) is 0.956. The average Bonchev–Trinajstić information content (AvgIpc) is 2.47. The molecule has 0 saturated heterocycles. The summed E-state index contributed by atoms with van der Waals surface area (Å²) in [7, 11) is 0. The molecule has 3 nitrogen and oxygen atoms in total. The molecule has 1 aromatic heterocycles. The highest BCUT2D eigenvalue weighted by molar-refractivity contribution is 4.97. The quantitative estimate of drug-likeness (QED) is 0.717. The Labute approximate surface area is 80.2 Å². The van der Waals surface area contributed by atoms with Crippen LogP contribution in [0.2, 0.25) is 0 Å².